The number of rotatable bonds is 3. The second-order valence-electron chi connectivity index (χ2n) is 3.43. The Morgan fingerprint density at radius 1 is 1.31 bits per heavy atom. The van der Waals surface area contributed by atoms with Crippen molar-refractivity contribution in [3.63, 3.8) is 0 Å². The molecule has 13 heavy (non-hydrogen) atoms. The number of hydrogen-bond acceptors (Lipinski definition) is 1. The van der Waals surface area contributed by atoms with Gasteiger partial charge in [-0.25, -0.2) is 0 Å². The Hall–Kier alpha value is -0.740. The molecule has 0 fully saturated rings. The highest BCUT2D eigenvalue weighted by molar-refractivity contribution is 5.81. The molecule has 1 unspecified atom stereocenters. The Morgan fingerprint density at radius 3 is 2.08 bits per heavy atom. The lowest BCUT2D eigenvalue weighted by Gasteiger charge is -2.16. The van der Waals surface area contributed by atoms with E-state index < -0.39 is 12.1 Å². The molecule has 0 saturated carbocycles. The van der Waals surface area contributed by atoms with Crippen LogP contribution in [0.3, 0.4) is 0 Å². The highest BCUT2D eigenvalue weighted by Crippen LogP contribution is 2.15. The van der Waals surface area contributed by atoms with E-state index in [9.17, 15) is 18.0 Å². The summed E-state index contributed by atoms with van der Waals surface area (Å²) in [7, 11) is 0. The van der Waals surface area contributed by atoms with Gasteiger partial charge in [0.25, 0.3) is 0 Å². The fraction of sp³-hybridized carbons (Fsp3) is 0.875. The first kappa shape index (κ1) is 12.3. The van der Waals surface area contributed by atoms with Gasteiger partial charge in [-0.15, -0.1) is 0 Å². The Balaban J connectivity index is 3.84. The normalized spacial score (nSPS) is 14.4. The average Bonchev–Trinajstić information content (AvgIpc) is 1.97. The summed E-state index contributed by atoms with van der Waals surface area (Å²) in [6, 6.07) is 0. The molecule has 0 rings (SSSR count). The van der Waals surface area contributed by atoms with Crippen molar-refractivity contribution in [1.29, 1.82) is 0 Å². The molecule has 0 aromatic heterocycles. The van der Waals surface area contributed by atoms with Crippen molar-refractivity contribution >= 4 is 5.91 Å². The first-order chi connectivity index (χ1) is 5.75. The number of alkyl halides is 3. The Morgan fingerprint density at radius 2 is 1.77 bits per heavy atom. The number of carbonyl (C=O) groups excluding carboxylic acids is 1. The van der Waals surface area contributed by atoms with Crippen LogP contribution in [0.5, 0.6) is 0 Å². The van der Waals surface area contributed by atoms with E-state index in [0.717, 1.165) is 0 Å². The maximum Gasteiger partial charge on any atom is 0.471 e. The van der Waals surface area contributed by atoms with Crippen LogP contribution >= 0.6 is 0 Å². The summed E-state index contributed by atoms with van der Waals surface area (Å²) >= 11 is 0. The first-order valence-corrected chi connectivity index (χ1v) is 4.10. The van der Waals surface area contributed by atoms with Crippen LogP contribution in [0.1, 0.15) is 20.8 Å². The van der Waals surface area contributed by atoms with Crippen LogP contribution in [0, 0.1) is 11.8 Å². The third-order valence-corrected chi connectivity index (χ3v) is 1.98. The summed E-state index contributed by atoms with van der Waals surface area (Å²) in [5.41, 5.74) is 0. The quantitative estimate of drug-likeness (QED) is 0.736. The van der Waals surface area contributed by atoms with Crippen LogP contribution in [0.15, 0.2) is 0 Å². The summed E-state index contributed by atoms with van der Waals surface area (Å²) in [5.74, 6) is -1.56. The SMILES string of the molecule is CC(C)C(C)CNC(=O)C(F)(F)F. The Labute approximate surface area is 75.5 Å². The molecular formula is C8H14F3NO. The number of nitrogens with one attached hydrogen (secondary N) is 1. The number of carbonyl (C=O) groups is 1. The van der Waals surface area contributed by atoms with E-state index in [1.54, 1.807) is 6.92 Å². The molecule has 78 valence electrons. The standard InChI is InChI=1S/C8H14F3NO/c1-5(2)6(3)4-12-7(13)8(9,10)11/h5-6H,4H2,1-3H3,(H,12,13). The Bertz CT molecular complexity index is 177. The highest BCUT2D eigenvalue weighted by Gasteiger charge is 2.38. The molecule has 0 heterocycles. The van der Waals surface area contributed by atoms with Gasteiger partial charge in [-0.3, -0.25) is 4.79 Å². The lowest BCUT2D eigenvalue weighted by atomic mass is 9.98. The summed E-state index contributed by atoms with van der Waals surface area (Å²) in [6.07, 6.45) is -4.77. The van der Waals surface area contributed by atoms with Crippen molar-refractivity contribution in [2.24, 2.45) is 11.8 Å². The van der Waals surface area contributed by atoms with E-state index >= 15 is 0 Å². The molecule has 1 atom stereocenters. The maximum atomic E-state index is 11.7. The van der Waals surface area contributed by atoms with Gasteiger partial charge < -0.3 is 5.32 Å². The predicted molar refractivity (Wildman–Crippen MR) is 43.1 cm³/mol. The highest BCUT2D eigenvalue weighted by atomic mass is 19.4. The van der Waals surface area contributed by atoms with Gasteiger partial charge in [0.15, 0.2) is 0 Å². The summed E-state index contributed by atoms with van der Waals surface area (Å²) in [5, 5.41) is 1.84. The first-order valence-electron chi connectivity index (χ1n) is 4.10. The van der Waals surface area contributed by atoms with Gasteiger partial charge in [0, 0.05) is 6.54 Å². The molecule has 0 aliphatic rings. The van der Waals surface area contributed by atoms with Crippen molar-refractivity contribution in [3.05, 3.63) is 0 Å². The van der Waals surface area contributed by atoms with E-state index in [1.165, 1.54) is 0 Å². The minimum atomic E-state index is -4.77. The zero-order valence-corrected chi connectivity index (χ0v) is 7.90. The van der Waals surface area contributed by atoms with Crippen LogP contribution in [0.25, 0.3) is 0 Å². The van der Waals surface area contributed by atoms with Crippen LogP contribution in [-0.4, -0.2) is 18.6 Å². The molecular weight excluding hydrogens is 183 g/mol. The largest absolute Gasteiger partial charge is 0.471 e. The third-order valence-electron chi connectivity index (χ3n) is 1.98. The number of halogens is 3. The minimum absolute atomic E-state index is 0.0475. The van der Waals surface area contributed by atoms with E-state index in [1.807, 2.05) is 19.2 Å². The monoisotopic (exact) mass is 197 g/mol. The molecule has 0 spiro atoms. The molecule has 0 aromatic carbocycles. The van der Waals surface area contributed by atoms with Gasteiger partial charge in [0.1, 0.15) is 0 Å². The molecule has 0 aromatic rings. The minimum Gasteiger partial charge on any atom is -0.348 e. The zero-order valence-electron chi connectivity index (χ0n) is 7.90. The fourth-order valence-electron chi connectivity index (χ4n) is 0.590. The molecule has 0 aliphatic carbocycles. The van der Waals surface area contributed by atoms with Gasteiger partial charge in [0.05, 0.1) is 0 Å². The van der Waals surface area contributed by atoms with Crippen LogP contribution < -0.4 is 5.32 Å². The van der Waals surface area contributed by atoms with E-state index in [4.69, 9.17) is 0 Å². The number of amides is 1. The molecule has 0 saturated heterocycles. The van der Waals surface area contributed by atoms with Gasteiger partial charge >= 0.3 is 12.1 Å². The van der Waals surface area contributed by atoms with Crippen molar-refractivity contribution in [1.82, 2.24) is 5.32 Å². The molecule has 5 heteroatoms. The lowest BCUT2D eigenvalue weighted by molar-refractivity contribution is -0.173. The number of hydrogen-bond donors (Lipinski definition) is 1. The molecule has 1 N–H and O–H groups in total. The van der Waals surface area contributed by atoms with Crippen molar-refractivity contribution < 1.29 is 18.0 Å². The topological polar surface area (TPSA) is 29.1 Å². The second kappa shape index (κ2) is 4.48. The predicted octanol–water partition coefficient (Wildman–Crippen LogP) is 1.96. The maximum absolute atomic E-state index is 11.7. The Kier molecular flexibility index (Phi) is 4.23. The summed E-state index contributed by atoms with van der Waals surface area (Å²) < 4.78 is 35.1. The average molecular weight is 197 g/mol. The van der Waals surface area contributed by atoms with Crippen LogP contribution in [-0.2, 0) is 4.79 Å². The molecule has 0 aliphatic heterocycles. The van der Waals surface area contributed by atoms with Gasteiger partial charge in [0.2, 0.25) is 0 Å². The van der Waals surface area contributed by atoms with E-state index in [-0.39, 0.29) is 18.4 Å². The van der Waals surface area contributed by atoms with E-state index in [0.29, 0.717) is 0 Å². The molecule has 1 amide bonds. The van der Waals surface area contributed by atoms with Crippen LogP contribution in [0.4, 0.5) is 13.2 Å². The van der Waals surface area contributed by atoms with Gasteiger partial charge in [-0.2, -0.15) is 13.2 Å². The second-order valence-corrected chi connectivity index (χ2v) is 3.43. The summed E-state index contributed by atoms with van der Waals surface area (Å²) in [4.78, 5) is 10.4. The smallest absolute Gasteiger partial charge is 0.348 e. The van der Waals surface area contributed by atoms with Crippen molar-refractivity contribution in [3.8, 4) is 0 Å². The van der Waals surface area contributed by atoms with E-state index in [2.05, 4.69) is 0 Å². The molecule has 0 bridgehead atoms. The third kappa shape index (κ3) is 4.75. The fourth-order valence-corrected chi connectivity index (χ4v) is 0.590. The lowest BCUT2D eigenvalue weighted by Crippen LogP contribution is -2.39. The zero-order chi connectivity index (χ0) is 10.6. The van der Waals surface area contributed by atoms with Crippen molar-refractivity contribution in [2.75, 3.05) is 6.54 Å². The molecule has 0 radical (unpaired) electrons. The van der Waals surface area contributed by atoms with Gasteiger partial charge in [-0.05, 0) is 11.8 Å². The van der Waals surface area contributed by atoms with Crippen molar-refractivity contribution in [2.45, 2.75) is 26.9 Å². The van der Waals surface area contributed by atoms with Gasteiger partial charge in [-0.1, -0.05) is 20.8 Å². The molecule has 2 nitrogen and oxygen atoms in total. The van der Waals surface area contributed by atoms with Crippen LogP contribution in [0.2, 0.25) is 0 Å². The summed E-state index contributed by atoms with van der Waals surface area (Å²) in [6.45, 7) is 5.64.